The molecule has 1 aliphatic carbocycles. The van der Waals surface area contributed by atoms with Crippen molar-refractivity contribution in [2.24, 2.45) is 11.8 Å². The van der Waals surface area contributed by atoms with E-state index in [9.17, 15) is 4.79 Å². The number of nitrogens with one attached hydrogen (secondary N) is 1. The highest BCUT2D eigenvalue weighted by Gasteiger charge is 2.31. The van der Waals surface area contributed by atoms with Crippen molar-refractivity contribution in [2.75, 3.05) is 13.2 Å². The largest absolute Gasteiger partial charge is 0.466 e. The Morgan fingerprint density at radius 1 is 1.35 bits per heavy atom. The first-order chi connectivity index (χ1) is 8.15. The zero-order valence-corrected chi connectivity index (χ0v) is 11.5. The smallest absolute Gasteiger partial charge is 0.310 e. The minimum Gasteiger partial charge on any atom is -0.466 e. The molecule has 3 nitrogen and oxygen atoms in total. The van der Waals surface area contributed by atoms with Crippen LogP contribution >= 0.6 is 0 Å². The highest BCUT2D eigenvalue weighted by Crippen LogP contribution is 2.25. The number of esters is 1. The molecule has 1 fully saturated rings. The van der Waals surface area contributed by atoms with Gasteiger partial charge < -0.3 is 10.1 Å². The van der Waals surface area contributed by atoms with Gasteiger partial charge in [0.1, 0.15) is 0 Å². The topological polar surface area (TPSA) is 38.3 Å². The van der Waals surface area contributed by atoms with E-state index in [4.69, 9.17) is 4.74 Å². The zero-order chi connectivity index (χ0) is 12.7. The molecule has 1 saturated carbocycles. The summed E-state index contributed by atoms with van der Waals surface area (Å²) >= 11 is 0. The summed E-state index contributed by atoms with van der Waals surface area (Å²) in [4.78, 5) is 11.8. The van der Waals surface area contributed by atoms with Gasteiger partial charge in [0.2, 0.25) is 0 Å². The van der Waals surface area contributed by atoms with E-state index in [0.717, 1.165) is 25.8 Å². The maximum Gasteiger partial charge on any atom is 0.310 e. The van der Waals surface area contributed by atoms with Crippen LogP contribution in [0.3, 0.4) is 0 Å². The molecule has 1 N–H and O–H groups in total. The lowest BCUT2D eigenvalue weighted by molar-refractivity contribution is -0.150. The highest BCUT2D eigenvalue weighted by molar-refractivity contribution is 5.73. The lowest BCUT2D eigenvalue weighted by atomic mass is 9.84. The maximum absolute atomic E-state index is 11.8. The zero-order valence-electron chi connectivity index (χ0n) is 11.5. The van der Waals surface area contributed by atoms with Gasteiger partial charge in [-0.25, -0.2) is 0 Å². The second kappa shape index (κ2) is 7.70. The molecular formula is C14H27NO2. The average molecular weight is 241 g/mol. The first-order valence-electron chi connectivity index (χ1n) is 7.05. The summed E-state index contributed by atoms with van der Waals surface area (Å²) < 4.78 is 5.16. The lowest BCUT2D eigenvalue weighted by Gasteiger charge is -2.30. The van der Waals surface area contributed by atoms with Crippen molar-refractivity contribution in [2.45, 2.75) is 58.9 Å². The van der Waals surface area contributed by atoms with E-state index in [1.54, 1.807) is 0 Å². The monoisotopic (exact) mass is 241 g/mol. The molecule has 0 heterocycles. The van der Waals surface area contributed by atoms with Crippen molar-refractivity contribution >= 4 is 5.97 Å². The molecule has 0 aromatic rings. The molecule has 1 rings (SSSR count). The van der Waals surface area contributed by atoms with Gasteiger partial charge in [0, 0.05) is 6.04 Å². The number of carbonyl (C=O) groups is 1. The third-order valence-electron chi connectivity index (χ3n) is 3.48. The van der Waals surface area contributed by atoms with Crippen LogP contribution in [0.4, 0.5) is 0 Å². The number of ether oxygens (including phenoxy) is 1. The van der Waals surface area contributed by atoms with E-state index in [2.05, 4.69) is 19.2 Å². The minimum atomic E-state index is -0.00533. The van der Waals surface area contributed by atoms with Crippen LogP contribution in [0.2, 0.25) is 0 Å². The van der Waals surface area contributed by atoms with Crippen molar-refractivity contribution in [3.8, 4) is 0 Å². The third-order valence-corrected chi connectivity index (χ3v) is 3.48. The maximum atomic E-state index is 11.8. The molecule has 100 valence electrons. The van der Waals surface area contributed by atoms with Crippen molar-refractivity contribution < 1.29 is 9.53 Å². The van der Waals surface area contributed by atoms with Crippen LogP contribution in [0.25, 0.3) is 0 Å². The molecule has 0 aliphatic heterocycles. The Morgan fingerprint density at radius 2 is 2.06 bits per heavy atom. The molecule has 0 amide bonds. The fourth-order valence-corrected chi connectivity index (χ4v) is 2.46. The van der Waals surface area contributed by atoms with E-state index in [-0.39, 0.29) is 11.9 Å². The molecular weight excluding hydrogens is 214 g/mol. The second-order valence-corrected chi connectivity index (χ2v) is 5.39. The average Bonchev–Trinajstić information content (AvgIpc) is 2.29. The van der Waals surface area contributed by atoms with Gasteiger partial charge in [-0.2, -0.15) is 0 Å². The molecule has 0 aromatic carbocycles. The van der Waals surface area contributed by atoms with E-state index in [0.29, 0.717) is 18.6 Å². The molecule has 0 saturated heterocycles. The van der Waals surface area contributed by atoms with Gasteiger partial charge in [0.15, 0.2) is 0 Å². The normalized spacial score (nSPS) is 24.9. The molecule has 2 atom stereocenters. The first kappa shape index (κ1) is 14.5. The van der Waals surface area contributed by atoms with E-state index in [1.807, 2.05) is 6.92 Å². The standard InChI is InChI=1S/C14H27NO2/c1-4-17-14(16)12-7-5-6-8-13(12)15-10-9-11(2)3/h11-13,15H,4-10H2,1-3H3. The Labute approximate surface area is 105 Å². The Bertz CT molecular complexity index is 228. The van der Waals surface area contributed by atoms with Gasteiger partial charge in [0.25, 0.3) is 0 Å². The molecule has 0 bridgehead atoms. The highest BCUT2D eigenvalue weighted by atomic mass is 16.5. The van der Waals surface area contributed by atoms with Crippen LogP contribution in [0.5, 0.6) is 0 Å². The quantitative estimate of drug-likeness (QED) is 0.727. The molecule has 0 spiro atoms. The summed E-state index contributed by atoms with van der Waals surface area (Å²) in [5, 5.41) is 3.54. The van der Waals surface area contributed by atoms with Crippen LogP contribution in [0.1, 0.15) is 52.9 Å². The Hall–Kier alpha value is -0.570. The van der Waals surface area contributed by atoms with Crippen LogP contribution in [-0.4, -0.2) is 25.2 Å². The number of hydrogen-bond acceptors (Lipinski definition) is 3. The van der Waals surface area contributed by atoms with Gasteiger partial charge in [-0.15, -0.1) is 0 Å². The van der Waals surface area contributed by atoms with Gasteiger partial charge >= 0.3 is 5.97 Å². The van der Waals surface area contributed by atoms with Crippen LogP contribution in [0, 0.1) is 11.8 Å². The number of rotatable bonds is 6. The van der Waals surface area contributed by atoms with Crippen LogP contribution in [-0.2, 0) is 9.53 Å². The summed E-state index contributed by atoms with van der Waals surface area (Å²) in [6, 6.07) is 0.335. The van der Waals surface area contributed by atoms with Crippen LogP contribution in [0.15, 0.2) is 0 Å². The predicted octanol–water partition coefficient (Wildman–Crippen LogP) is 2.74. The first-order valence-corrected chi connectivity index (χ1v) is 7.05. The lowest BCUT2D eigenvalue weighted by Crippen LogP contribution is -2.43. The third kappa shape index (κ3) is 5.07. The fourth-order valence-electron chi connectivity index (χ4n) is 2.46. The van der Waals surface area contributed by atoms with Gasteiger partial charge in [-0.1, -0.05) is 26.7 Å². The van der Waals surface area contributed by atoms with Gasteiger partial charge in [-0.05, 0) is 38.6 Å². The van der Waals surface area contributed by atoms with E-state index in [1.165, 1.54) is 12.8 Å². The molecule has 1 aliphatic rings. The van der Waals surface area contributed by atoms with E-state index >= 15 is 0 Å². The van der Waals surface area contributed by atoms with Crippen molar-refractivity contribution in [3.05, 3.63) is 0 Å². The summed E-state index contributed by atoms with van der Waals surface area (Å²) in [5.41, 5.74) is 0. The number of hydrogen-bond donors (Lipinski definition) is 1. The van der Waals surface area contributed by atoms with E-state index < -0.39 is 0 Å². The van der Waals surface area contributed by atoms with Crippen molar-refractivity contribution in [3.63, 3.8) is 0 Å². The summed E-state index contributed by atoms with van der Waals surface area (Å²) in [5.74, 6) is 0.789. The molecule has 0 aromatic heterocycles. The van der Waals surface area contributed by atoms with Crippen molar-refractivity contribution in [1.29, 1.82) is 0 Å². The summed E-state index contributed by atoms with van der Waals surface area (Å²) in [6.07, 6.45) is 5.66. The number of carbonyl (C=O) groups excluding carboxylic acids is 1. The SMILES string of the molecule is CCOC(=O)C1CCCCC1NCCC(C)C. The molecule has 17 heavy (non-hydrogen) atoms. The Balaban J connectivity index is 2.39. The molecule has 0 radical (unpaired) electrons. The molecule has 2 unspecified atom stereocenters. The fraction of sp³-hybridized carbons (Fsp3) is 0.929. The summed E-state index contributed by atoms with van der Waals surface area (Å²) in [7, 11) is 0. The van der Waals surface area contributed by atoms with Crippen molar-refractivity contribution in [1.82, 2.24) is 5.32 Å². The predicted molar refractivity (Wildman–Crippen MR) is 69.8 cm³/mol. The van der Waals surface area contributed by atoms with Gasteiger partial charge in [-0.3, -0.25) is 4.79 Å². The van der Waals surface area contributed by atoms with Crippen LogP contribution < -0.4 is 5.32 Å². The van der Waals surface area contributed by atoms with Gasteiger partial charge in [0.05, 0.1) is 12.5 Å². The second-order valence-electron chi connectivity index (χ2n) is 5.39. The Morgan fingerprint density at radius 3 is 2.71 bits per heavy atom. The summed E-state index contributed by atoms with van der Waals surface area (Å²) in [6.45, 7) is 7.84. The molecule has 3 heteroatoms. The minimum absolute atomic E-state index is 0.00533. The Kier molecular flexibility index (Phi) is 6.56.